The van der Waals surface area contributed by atoms with E-state index in [9.17, 15) is 10.3 Å². The number of methoxy groups -OCH3 is 4. The Balaban J connectivity index is 1.54. The Kier molecular flexibility index (Phi) is 7.94. The number of phenolic OH excluding ortho intramolecular Hbond substituents is 1. The van der Waals surface area contributed by atoms with Gasteiger partial charge >= 0.3 is 0 Å². The zero-order chi connectivity index (χ0) is 33.0. The molecule has 1 unspecified atom stereocenters. The van der Waals surface area contributed by atoms with Gasteiger partial charge in [0.2, 0.25) is 5.75 Å². The number of quaternary nitrogens is 1. The predicted octanol–water partition coefficient (Wildman–Crippen LogP) is 6.76. The van der Waals surface area contributed by atoms with Crippen LogP contribution < -0.4 is 23.7 Å². The molecule has 9 heteroatoms. The van der Waals surface area contributed by atoms with E-state index < -0.39 is 10.7 Å². The van der Waals surface area contributed by atoms with Crippen molar-refractivity contribution in [2.45, 2.75) is 37.8 Å². The topological polar surface area (TPSA) is 92.7 Å². The van der Waals surface area contributed by atoms with Crippen molar-refractivity contribution >= 4 is 0 Å². The number of ether oxygens (including phenoxy) is 5. The fraction of sp³-hybridized carbons (Fsp3) is 0.368. The van der Waals surface area contributed by atoms with E-state index in [2.05, 4.69) is 36.2 Å². The van der Waals surface area contributed by atoms with E-state index in [4.69, 9.17) is 23.7 Å². The number of fused-ring (bicyclic) bond motifs is 6. The number of phenols is 1. The first-order valence-corrected chi connectivity index (χ1v) is 16.1. The molecule has 0 saturated heterocycles. The molecule has 6 bridgehead atoms. The summed E-state index contributed by atoms with van der Waals surface area (Å²) in [6.07, 6.45) is 2.57. The average molecular weight is 639 g/mol. The van der Waals surface area contributed by atoms with E-state index in [0.29, 0.717) is 59.4 Å². The Labute approximate surface area is 276 Å². The van der Waals surface area contributed by atoms with E-state index >= 15 is 0 Å². The number of hydrogen-bond donors (Lipinski definition) is 1. The summed E-state index contributed by atoms with van der Waals surface area (Å²) in [5.41, 5.74) is 7.63. The van der Waals surface area contributed by atoms with Crippen molar-refractivity contribution in [3.63, 3.8) is 0 Å². The van der Waals surface area contributed by atoms with E-state index in [1.54, 1.807) is 41.6 Å². The number of rotatable bonds is 4. The Morgan fingerprint density at radius 3 is 2.26 bits per heavy atom. The Bertz CT molecular complexity index is 1850. The number of hydrogen-bond acceptors (Lipinski definition) is 8. The SMILES string of the molecule is COc1cc2c3cc1Oc1c(OC)c(OC)cc4c1[C@@H](Cc1ccc(O)c(c1)-c1cc(ccc1OC)C[C@H]3N(C)CC2)[N+](C)([O-])CC4. The summed E-state index contributed by atoms with van der Waals surface area (Å²) in [7, 11) is 10.4. The molecule has 0 amide bonds. The molecule has 0 fully saturated rings. The lowest BCUT2D eigenvalue weighted by atomic mass is 9.85. The van der Waals surface area contributed by atoms with Crippen LogP contribution in [0.4, 0.5) is 0 Å². The van der Waals surface area contributed by atoms with Gasteiger partial charge in [0, 0.05) is 36.6 Å². The van der Waals surface area contributed by atoms with Crippen molar-refractivity contribution in [1.29, 1.82) is 0 Å². The predicted molar refractivity (Wildman–Crippen MR) is 180 cm³/mol. The van der Waals surface area contributed by atoms with Gasteiger partial charge in [0.25, 0.3) is 0 Å². The summed E-state index contributed by atoms with van der Waals surface area (Å²) in [4.78, 5) is 2.37. The zero-order valence-corrected chi connectivity index (χ0v) is 27.9. The molecule has 0 radical (unpaired) electrons. The minimum atomic E-state index is -0.533. The van der Waals surface area contributed by atoms with E-state index in [1.807, 2.05) is 24.3 Å². The van der Waals surface area contributed by atoms with E-state index in [-0.39, 0.29) is 11.8 Å². The molecule has 0 aliphatic carbocycles. The van der Waals surface area contributed by atoms with Crippen molar-refractivity contribution in [2.75, 3.05) is 55.6 Å². The standard InChI is InChI=1S/C38H42N2O7/c1-39-13-11-24-19-33(44-4)34-21-26(24)29(39)17-22-8-10-32(43-3)28(16-22)27-15-23(7-9-31(27)41)18-30-36-25(12-14-40(30,2)42)20-35(45-5)37(46-6)38(36)47-34/h7-10,15-16,19-21,29-30,41H,11-14,17-18H2,1-6H3/t29-,30-,40?/m1/s1. The van der Waals surface area contributed by atoms with Gasteiger partial charge in [-0.1, -0.05) is 12.1 Å². The van der Waals surface area contributed by atoms with Crippen molar-refractivity contribution in [3.8, 4) is 51.4 Å². The number of hydroxylamine groups is 3. The van der Waals surface area contributed by atoms with Gasteiger partial charge in [0.05, 0.1) is 47.6 Å². The van der Waals surface area contributed by atoms with Crippen molar-refractivity contribution < 1.29 is 33.4 Å². The summed E-state index contributed by atoms with van der Waals surface area (Å²) in [5.74, 6) is 3.44. The first-order chi connectivity index (χ1) is 22.6. The highest BCUT2D eigenvalue weighted by Gasteiger charge is 2.40. The molecule has 3 heterocycles. The molecule has 4 aromatic carbocycles. The molecule has 0 aromatic heterocycles. The molecule has 47 heavy (non-hydrogen) atoms. The zero-order valence-electron chi connectivity index (χ0n) is 27.9. The van der Waals surface area contributed by atoms with Gasteiger partial charge in [-0.2, -0.15) is 0 Å². The van der Waals surface area contributed by atoms with Gasteiger partial charge < -0.3 is 38.6 Å². The molecular formula is C38H42N2O7. The monoisotopic (exact) mass is 638 g/mol. The van der Waals surface area contributed by atoms with E-state index in [1.165, 1.54) is 5.56 Å². The summed E-state index contributed by atoms with van der Waals surface area (Å²) in [6, 6.07) is 17.4. The highest BCUT2D eigenvalue weighted by molar-refractivity contribution is 5.77. The van der Waals surface area contributed by atoms with E-state index in [0.717, 1.165) is 52.8 Å². The summed E-state index contributed by atoms with van der Waals surface area (Å²) in [5, 5.41) is 25.6. The quantitative estimate of drug-likeness (QED) is 0.194. The van der Waals surface area contributed by atoms with Gasteiger partial charge in [-0.25, -0.2) is 0 Å². The average Bonchev–Trinajstić information content (AvgIpc) is 3.07. The Hall–Kier alpha value is -4.44. The first-order valence-electron chi connectivity index (χ1n) is 16.1. The third-order valence-electron chi connectivity index (χ3n) is 10.3. The smallest absolute Gasteiger partial charge is 0.204 e. The van der Waals surface area contributed by atoms with Gasteiger partial charge in [-0.3, -0.25) is 4.90 Å². The van der Waals surface area contributed by atoms with Crippen LogP contribution in [0.2, 0.25) is 0 Å². The fourth-order valence-electron chi connectivity index (χ4n) is 7.68. The van der Waals surface area contributed by atoms with Crippen LogP contribution in [0.15, 0.2) is 54.6 Å². The number of nitrogens with zero attached hydrogens (tertiary/aromatic N) is 2. The fourth-order valence-corrected chi connectivity index (χ4v) is 7.68. The second-order valence-electron chi connectivity index (χ2n) is 13.0. The van der Waals surface area contributed by atoms with Gasteiger partial charge in [0.15, 0.2) is 23.0 Å². The highest BCUT2D eigenvalue weighted by Crippen LogP contribution is 2.53. The second kappa shape index (κ2) is 12.0. The molecule has 0 saturated carbocycles. The lowest BCUT2D eigenvalue weighted by Gasteiger charge is -2.49. The van der Waals surface area contributed by atoms with Gasteiger partial charge in [-0.05, 0) is 90.2 Å². The molecule has 4 aromatic rings. The lowest BCUT2D eigenvalue weighted by molar-refractivity contribution is -0.894. The second-order valence-corrected chi connectivity index (χ2v) is 13.0. The third kappa shape index (κ3) is 5.32. The van der Waals surface area contributed by atoms with Crippen LogP contribution in [0.3, 0.4) is 0 Å². The molecule has 246 valence electrons. The first kappa shape index (κ1) is 31.2. The molecular weight excluding hydrogens is 596 g/mol. The van der Waals surface area contributed by atoms with Gasteiger partial charge in [0.1, 0.15) is 17.5 Å². The summed E-state index contributed by atoms with van der Waals surface area (Å²) < 4.78 is 30.0. The van der Waals surface area contributed by atoms with Crippen LogP contribution in [0.5, 0.6) is 40.2 Å². The number of likely N-dealkylation sites (N-methyl/N-ethyl adjacent to an activating group) is 2. The van der Waals surface area contributed by atoms with Crippen molar-refractivity contribution in [1.82, 2.24) is 4.90 Å². The molecule has 3 aliphatic heterocycles. The van der Waals surface area contributed by atoms with Crippen LogP contribution in [-0.2, 0) is 25.7 Å². The molecule has 1 N–H and O–H groups in total. The molecule has 9 nitrogen and oxygen atoms in total. The van der Waals surface area contributed by atoms with Crippen LogP contribution in [0.1, 0.15) is 45.5 Å². The maximum absolute atomic E-state index is 14.4. The maximum atomic E-state index is 14.4. The van der Waals surface area contributed by atoms with Crippen molar-refractivity contribution in [3.05, 3.63) is 93.2 Å². The maximum Gasteiger partial charge on any atom is 0.204 e. The Morgan fingerprint density at radius 1 is 0.809 bits per heavy atom. The number of benzene rings is 4. The van der Waals surface area contributed by atoms with Crippen LogP contribution >= 0.6 is 0 Å². The highest BCUT2D eigenvalue weighted by atomic mass is 16.6. The molecule has 0 spiro atoms. The minimum absolute atomic E-state index is 0.0524. The normalized spacial score (nSPS) is 21.7. The summed E-state index contributed by atoms with van der Waals surface area (Å²) >= 11 is 0. The number of aromatic hydroxyl groups is 1. The van der Waals surface area contributed by atoms with Crippen LogP contribution in [0.25, 0.3) is 11.1 Å². The van der Waals surface area contributed by atoms with Crippen LogP contribution in [-0.4, -0.2) is 70.3 Å². The molecule has 7 rings (SSSR count). The summed E-state index contributed by atoms with van der Waals surface area (Å²) in [6.45, 7) is 1.29. The lowest BCUT2D eigenvalue weighted by Crippen LogP contribution is -2.47. The largest absolute Gasteiger partial charge is 0.633 e. The molecule has 3 atom stereocenters. The molecule has 3 aliphatic rings. The van der Waals surface area contributed by atoms with Crippen LogP contribution in [0, 0.1) is 5.21 Å². The van der Waals surface area contributed by atoms with Gasteiger partial charge in [-0.15, -0.1) is 0 Å². The Morgan fingerprint density at radius 2 is 1.51 bits per heavy atom. The van der Waals surface area contributed by atoms with Crippen molar-refractivity contribution in [2.24, 2.45) is 0 Å². The third-order valence-corrected chi connectivity index (χ3v) is 10.3. The minimum Gasteiger partial charge on any atom is -0.633 e.